The second-order valence-electron chi connectivity index (χ2n) is 3.82. The van der Waals surface area contributed by atoms with E-state index >= 15 is 0 Å². The molecule has 1 aliphatic heterocycles. The predicted octanol–water partition coefficient (Wildman–Crippen LogP) is -0.538. The SMILES string of the molecule is CCC(N)C(=O)NCC(=O)N1CCCC1. The third-order valence-electron chi connectivity index (χ3n) is 2.65. The Morgan fingerprint density at radius 2 is 2.00 bits per heavy atom. The van der Waals surface area contributed by atoms with Crippen molar-refractivity contribution in [1.29, 1.82) is 0 Å². The molecule has 0 saturated carbocycles. The fourth-order valence-corrected chi connectivity index (χ4v) is 1.56. The first-order valence-electron chi connectivity index (χ1n) is 5.46. The molecule has 0 spiro atoms. The molecule has 0 aromatic rings. The summed E-state index contributed by atoms with van der Waals surface area (Å²) in [4.78, 5) is 24.6. The summed E-state index contributed by atoms with van der Waals surface area (Å²) in [5, 5.41) is 2.55. The van der Waals surface area contributed by atoms with Crippen LogP contribution in [0, 0.1) is 0 Å². The van der Waals surface area contributed by atoms with Crippen molar-refractivity contribution in [1.82, 2.24) is 10.2 Å². The number of amides is 2. The summed E-state index contributed by atoms with van der Waals surface area (Å²) in [7, 11) is 0. The lowest BCUT2D eigenvalue weighted by Crippen LogP contribution is -2.45. The quantitative estimate of drug-likeness (QED) is 0.658. The van der Waals surface area contributed by atoms with Crippen LogP contribution in [0.3, 0.4) is 0 Å². The number of nitrogens with two attached hydrogens (primary N) is 1. The van der Waals surface area contributed by atoms with Gasteiger partial charge in [0.05, 0.1) is 12.6 Å². The second kappa shape index (κ2) is 5.70. The molecule has 0 aromatic heterocycles. The Kier molecular flexibility index (Phi) is 4.55. The van der Waals surface area contributed by atoms with E-state index in [0.29, 0.717) is 6.42 Å². The van der Waals surface area contributed by atoms with Crippen molar-refractivity contribution in [3.8, 4) is 0 Å². The molecule has 1 heterocycles. The molecule has 0 bridgehead atoms. The molecule has 2 amide bonds. The van der Waals surface area contributed by atoms with E-state index in [1.165, 1.54) is 0 Å². The summed E-state index contributed by atoms with van der Waals surface area (Å²) in [6, 6.07) is -0.503. The molecule has 0 aliphatic carbocycles. The summed E-state index contributed by atoms with van der Waals surface area (Å²) in [6.45, 7) is 3.54. The van der Waals surface area contributed by atoms with Gasteiger partial charge >= 0.3 is 0 Å². The highest BCUT2D eigenvalue weighted by Gasteiger charge is 2.19. The van der Waals surface area contributed by atoms with Gasteiger partial charge in [0, 0.05) is 13.1 Å². The van der Waals surface area contributed by atoms with Gasteiger partial charge in [0.15, 0.2) is 0 Å². The predicted molar refractivity (Wildman–Crippen MR) is 57.1 cm³/mol. The van der Waals surface area contributed by atoms with Crippen LogP contribution >= 0.6 is 0 Å². The van der Waals surface area contributed by atoms with E-state index in [2.05, 4.69) is 5.32 Å². The Bertz CT molecular complexity index is 237. The van der Waals surface area contributed by atoms with Crippen molar-refractivity contribution in [3.05, 3.63) is 0 Å². The summed E-state index contributed by atoms with van der Waals surface area (Å²) < 4.78 is 0. The summed E-state index contributed by atoms with van der Waals surface area (Å²) in [5.41, 5.74) is 5.52. The number of nitrogens with zero attached hydrogens (tertiary/aromatic N) is 1. The maximum Gasteiger partial charge on any atom is 0.241 e. The van der Waals surface area contributed by atoms with E-state index in [4.69, 9.17) is 5.73 Å². The lowest BCUT2D eigenvalue weighted by atomic mass is 10.2. The smallest absolute Gasteiger partial charge is 0.241 e. The molecule has 0 radical (unpaired) electrons. The Hall–Kier alpha value is -1.10. The number of likely N-dealkylation sites (tertiary alicyclic amines) is 1. The molecular formula is C10H19N3O2. The van der Waals surface area contributed by atoms with E-state index in [9.17, 15) is 9.59 Å². The fraction of sp³-hybridized carbons (Fsp3) is 0.800. The minimum absolute atomic E-state index is 0.0100. The molecule has 1 atom stereocenters. The molecule has 5 heteroatoms. The number of rotatable bonds is 4. The van der Waals surface area contributed by atoms with E-state index in [1.807, 2.05) is 6.92 Å². The normalized spacial score (nSPS) is 17.6. The Morgan fingerprint density at radius 1 is 1.40 bits per heavy atom. The van der Waals surface area contributed by atoms with Gasteiger partial charge in [-0.2, -0.15) is 0 Å². The van der Waals surface area contributed by atoms with Crippen molar-refractivity contribution in [3.63, 3.8) is 0 Å². The van der Waals surface area contributed by atoms with Gasteiger partial charge in [-0.15, -0.1) is 0 Å². The Balaban J connectivity index is 2.24. The molecule has 3 N–H and O–H groups in total. The molecule has 5 nitrogen and oxygen atoms in total. The topological polar surface area (TPSA) is 75.4 Å². The van der Waals surface area contributed by atoms with E-state index in [1.54, 1.807) is 4.90 Å². The summed E-state index contributed by atoms with van der Waals surface area (Å²) in [6.07, 6.45) is 2.71. The van der Waals surface area contributed by atoms with Crippen LogP contribution in [0.1, 0.15) is 26.2 Å². The van der Waals surface area contributed by atoms with Crippen LogP contribution in [0.15, 0.2) is 0 Å². The minimum Gasteiger partial charge on any atom is -0.346 e. The van der Waals surface area contributed by atoms with Crippen molar-refractivity contribution in [2.75, 3.05) is 19.6 Å². The lowest BCUT2D eigenvalue weighted by Gasteiger charge is -2.16. The Morgan fingerprint density at radius 3 is 2.53 bits per heavy atom. The number of nitrogens with one attached hydrogen (secondary N) is 1. The highest BCUT2D eigenvalue weighted by Crippen LogP contribution is 2.06. The van der Waals surface area contributed by atoms with Crippen LogP contribution < -0.4 is 11.1 Å². The van der Waals surface area contributed by atoms with Gasteiger partial charge in [-0.05, 0) is 19.3 Å². The highest BCUT2D eigenvalue weighted by atomic mass is 16.2. The zero-order chi connectivity index (χ0) is 11.3. The molecular weight excluding hydrogens is 194 g/mol. The first-order chi connectivity index (χ1) is 7.15. The number of hydrogen-bond donors (Lipinski definition) is 2. The number of carbonyl (C=O) groups excluding carboxylic acids is 2. The van der Waals surface area contributed by atoms with Crippen LogP contribution in [0.2, 0.25) is 0 Å². The molecule has 1 unspecified atom stereocenters. The third-order valence-corrected chi connectivity index (χ3v) is 2.65. The molecule has 0 aromatic carbocycles. The zero-order valence-corrected chi connectivity index (χ0v) is 9.16. The molecule has 1 saturated heterocycles. The Labute approximate surface area is 90.0 Å². The van der Waals surface area contributed by atoms with Crippen LogP contribution in [0.4, 0.5) is 0 Å². The molecule has 1 aliphatic rings. The van der Waals surface area contributed by atoms with E-state index in [-0.39, 0.29) is 18.4 Å². The standard InChI is InChI=1S/C10H19N3O2/c1-2-8(11)10(15)12-7-9(14)13-5-3-4-6-13/h8H,2-7,11H2,1H3,(H,12,15). The van der Waals surface area contributed by atoms with Gasteiger partial charge in [-0.3, -0.25) is 9.59 Å². The minimum atomic E-state index is -0.503. The largest absolute Gasteiger partial charge is 0.346 e. The van der Waals surface area contributed by atoms with Gasteiger partial charge < -0.3 is 16.0 Å². The maximum absolute atomic E-state index is 11.5. The average Bonchev–Trinajstić information content (AvgIpc) is 2.77. The molecule has 1 fully saturated rings. The third kappa shape index (κ3) is 3.51. The van der Waals surface area contributed by atoms with Gasteiger partial charge in [-0.1, -0.05) is 6.92 Å². The van der Waals surface area contributed by atoms with Crippen LogP contribution in [0.5, 0.6) is 0 Å². The van der Waals surface area contributed by atoms with Crippen LogP contribution in [-0.2, 0) is 9.59 Å². The van der Waals surface area contributed by atoms with Gasteiger partial charge in [-0.25, -0.2) is 0 Å². The fourth-order valence-electron chi connectivity index (χ4n) is 1.56. The number of carbonyl (C=O) groups is 2. The highest BCUT2D eigenvalue weighted by molar-refractivity contribution is 5.87. The van der Waals surface area contributed by atoms with Gasteiger partial charge in [0.2, 0.25) is 11.8 Å². The van der Waals surface area contributed by atoms with Gasteiger partial charge in [0.1, 0.15) is 0 Å². The number of hydrogen-bond acceptors (Lipinski definition) is 3. The van der Waals surface area contributed by atoms with Crippen molar-refractivity contribution in [2.24, 2.45) is 5.73 Å². The van der Waals surface area contributed by atoms with E-state index < -0.39 is 6.04 Å². The van der Waals surface area contributed by atoms with Crippen molar-refractivity contribution >= 4 is 11.8 Å². The van der Waals surface area contributed by atoms with Crippen LogP contribution in [-0.4, -0.2) is 42.4 Å². The summed E-state index contributed by atoms with van der Waals surface area (Å²) >= 11 is 0. The van der Waals surface area contributed by atoms with E-state index in [0.717, 1.165) is 25.9 Å². The van der Waals surface area contributed by atoms with Crippen molar-refractivity contribution in [2.45, 2.75) is 32.2 Å². The first kappa shape index (κ1) is 12.0. The molecule has 86 valence electrons. The lowest BCUT2D eigenvalue weighted by molar-refractivity contribution is -0.132. The maximum atomic E-state index is 11.5. The molecule has 1 rings (SSSR count). The second-order valence-corrected chi connectivity index (χ2v) is 3.82. The first-order valence-corrected chi connectivity index (χ1v) is 5.46. The molecule has 15 heavy (non-hydrogen) atoms. The average molecular weight is 213 g/mol. The van der Waals surface area contributed by atoms with Crippen LogP contribution in [0.25, 0.3) is 0 Å². The monoisotopic (exact) mass is 213 g/mol. The van der Waals surface area contributed by atoms with Gasteiger partial charge in [0.25, 0.3) is 0 Å². The zero-order valence-electron chi connectivity index (χ0n) is 9.16. The summed E-state index contributed by atoms with van der Waals surface area (Å²) in [5.74, 6) is -0.255. The van der Waals surface area contributed by atoms with Crippen molar-refractivity contribution < 1.29 is 9.59 Å².